The van der Waals surface area contributed by atoms with Crippen LogP contribution in [0.1, 0.15) is 29.4 Å². The third-order valence-corrected chi connectivity index (χ3v) is 2.13. The summed E-state index contributed by atoms with van der Waals surface area (Å²) < 4.78 is 0. The number of nitrogens with one attached hydrogen (secondary N) is 1. The van der Waals surface area contributed by atoms with Gasteiger partial charge in [-0.25, -0.2) is 4.79 Å². The monoisotopic (exact) mass is 220 g/mol. The van der Waals surface area contributed by atoms with E-state index < -0.39 is 5.97 Å². The number of nitrogens with zero attached hydrogens (tertiary/aromatic N) is 1. The lowest BCUT2D eigenvalue weighted by atomic mass is 10.2. The fraction of sp³-hybridized carbons (Fsp3) is 0.333. The molecule has 86 valence electrons. The van der Waals surface area contributed by atoms with Gasteiger partial charge in [-0.15, -0.1) is 0 Å². The van der Waals surface area contributed by atoms with Gasteiger partial charge in [0.25, 0.3) is 0 Å². The first-order valence-electron chi connectivity index (χ1n) is 5.20. The van der Waals surface area contributed by atoms with Crippen molar-refractivity contribution in [2.24, 2.45) is 0 Å². The minimum absolute atomic E-state index is 0.214. The number of aryl methyl sites for hydroxylation is 1. The average Bonchev–Trinajstić information content (AvgIpc) is 2.24. The SMILES string of the molecule is C/C=C/CCNc1cc(C)ncc1C(=O)O. The lowest BCUT2D eigenvalue weighted by molar-refractivity contribution is 0.0697. The van der Waals surface area contributed by atoms with Gasteiger partial charge in [0.1, 0.15) is 5.56 Å². The van der Waals surface area contributed by atoms with E-state index in [9.17, 15) is 4.79 Å². The van der Waals surface area contributed by atoms with Crippen LogP contribution in [0.5, 0.6) is 0 Å². The average molecular weight is 220 g/mol. The number of hydrogen-bond acceptors (Lipinski definition) is 3. The van der Waals surface area contributed by atoms with Crippen molar-refractivity contribution in [3.63, 3.8) is 0 Å². The van der Waals surface area contributed by atoms with Crippen LogP contribution in [-0.4, -0.2) is 22.6 Å². The molecule has 1 rings (SSSR count). The van der Waals surface area contributed by atoms with Gasteiger partial charge in [0.2, 0.25) is 0 Å². The lowest BCUT2D eigenvalue weighted by Gasteiger charge is -2.08. The Balaban J connectivity index is 2.76. The highest BCUT2D eigenvalue weighted by molar-refractivity contribution is 5.93. The predicted octanol–water partition coefficient (Wildman–Crippen LogP) is 2.47. The van der Waals surface area contributed by atoms with Crippen molar-refractivity contribution in [1.82, 2.24) is 4.98 Å². The highest BCUT2D eigenvalue weighted by Crippen LogP contribution is 2.15. The van der Waals surface area contributed by atoms with Crippen molar-refractivity contribution in [3.8, 4) is 0 Å². The number of anilines is 1. The van der Waals surface area contributed by atoms with Crippen LogP contribution in [0.25, 0.3) is 0 Å². The van der Waals surface area contributed by atoms with Crippen LogP contribution in [-0.2, 0) is 0 Å². The van der Waals surface area contributed by atoms with E-state index in [1.165, 1.54) is 6.20 Å². The number of hydrogen-bond donors (Lipinski definition) is 2. The maximum atomic E-state index is 10.9. The molecule has 0 saturated carbocycles. The molecule has 1 aromatic rings. The van der Waals surface area contributed by atoms with Crippen molar-refractivity contribution in [1.29, 1.82) is 0 Å². The Bertz CT molecular complexity index is 400. The fourth-order valence-electron chi connectivity index (χ4n) is 1.33. The predicted molar refractivity (Wildman–Crippen MR) is 63.9 cm³/mol. The van der Waals surface area contributed by atoms with Crippen molar-refractivity contribution >= 4 is 11.7 Å². The van der Waals surface area contributed by atoms with Crippen LogP contribution >= 0.6 is 0 Å². The van der Waals surface area contributed by atoms with E-state index in [0.717, 1.165) is 12.1 Å². The maximum Gasteiger partial charge on any atom is 0.339 e. The highest BCUT2D eigenvalue weighted by Gasteiger charge is 2.09. The van der Waals surface area contributed by atoms with Gasteiger partial charge in [-0.1, -0.05) is 12.2 Å². The van der Waals surface area contributed by atoms with Crippen molar-refractivity contribution in [2.75, 3.05) is 11.9 Å². The standard InChI is InChI=1S/C12H16N2O2/c1-3-4-5-6-13-11-7-9(2)14-8-10(11)12(15)16/h3-4,7-8H,5-6H2,1-2H3,(H,13,14)(H,15,16)/b4-3+. The maximum absolute atomic E-state index is 10.9. The van der Waals surface area contributed by atoms with Gasteiger partial charge in [-0.3, -0.25) is 4.98 Å². The molecular weight excluding hydrogens is 204 g/mol. The first-order valence-corrected chi connectivity index (χ1v) is 5.20. The largest absolute Gasteiger partial charge is 0.478 e. The summed E-state index contributed by atoms with van der Waals surface area (Å²) in [6.07, 6.45) is 6.26. The number of carboxylic acids is 1. The quantitative estimate of drug-likeness (QED) is 0.591. The molecule has 16 heavy (non-hydrogen) atoms. The third-order valence-electron chi connectivity index (χ3n) is 2.13. The molecule has 0 fully saturated rings. The van der Waals surface area contributed by atoms with Crippen LogP contribution in [0.2, 0.25) is 0 Å². The number of pyridine rings is 1. The van der Waals surface area contributed by atoms with Gasteiger partial charge in [-0.2, -0.15) is 0 Å². The Kier molecular flexibility index (Phi) is 4.51. The highest BCUT2D eigenvalue weighted by atomic mass is 16.4. The lowest BCUT2D eigenvalue weighted by Crippen LogP contribution is -2.08. The zero-order valence-corrected chi connectivity index (χ0v) is 9.53. The molecule has 0 amide bonds. The minimum atomic E-state index is -0.957. The van der Waals surface area contributed by atoms with E-state index in [0.29, 0.717) is 12.2 Å². The van der Waals surface area contributed by atoms with Gasteiger partial charge in [0, 0.05) is 18.4 Å². The van der Waals surface area contributed by atoms with Crippen molar-refractivity contribution in [2.45, 2.75) is 20.3 Å². The second-order valence-corrected chi connectivity index (χ2v) is 3.46. The second-order valence-electron chi connectivity index (χ2n) is 3.46. The fourth-order valence-corrected chi connectivity index (χ4v) is 1.33. The van der Waals surface area contributed by atoms with Crippen molar-refractivity contribution < 1.29 is 9.90 Å². The Morgan fingerprint density at radius 2 is 2.38 bits per heavy atom. The first-order chi connectivity index (χ1) is 7.65. The zero-order valence-electron chi connectivity index (χ0n) is 9.53. The number of carboxylic acid groups (broad SMARTS) is 1. The molecule has 0 aliphatic rings. The van der Waals surface area contributed by atoms with E-state index in [1.807, 2.05) is 26.0 Å². The van der Waals surface area contributed by atoms with E-state index in [2.05, 4.69) is 10.3 Å². The Labute approximate surface area is 95.0 Å². The Morgan fingerprint density at radius 1 is 1.62 bits per heavy atom. The molecule has 0 aromatic carbocycles. The first kappa shape index (κ1) is 12.2. The van der Waals surface area contributed by atoms with Crippen LogP contribution in [0.4, 0.5) is 5.69 Å². The molecule has 0 saturated heterocycles. The summed E-state index contributed by atoms with van der Waals surface area (Å²) >= 11 is 0. The van der Waals surface area contributed by atoms with E-state index >= 15 is 0 Å². The molecule has 0 atom stereocenters. The molecule has 0 aliphatic carbocycles. The second kappa shape index (κ2) is 5.90. The minimum Gasteiger partial charge on any atom is -0.478 e. The summed E-state index contributed by atoms with van der Waals surface area (Å²) in [5, 5.41) is 12.1. The van der Waals surface area contributed by atoms with Crippen LogP contribution in [0.15, 0.2) is 24.4 Å². The normalized spacial score (nSPS) is 10.6. The number of aromatic carboxylic acids is 1. The van der Waals surface area contributed by atoms with Crippen LogP contribution in [0, 0.1) is 6.92 Å². The molecule has 4 nitrogen and oxygen atoms in total. The number of rotatable bonds is 5. The molecule has 4 heteroatoms. The van der Waals surface area contributed by atoms with E-state index in [4.69, 9.17) is 5.11 Å². The van der Waals surface area contributed by atoms with E-state index in [-0.39, 0.29) is 5.56 Å². The van der Waals surface area contributed by atoms with E-state index in [1.54, 1.807) is 6.07 Å². The molecule has 0 aliphatic heterocycles. The molecule has 0 radical (unpaired) electrons. The van der Waals surface area contributed by atoms with Gasteiger partial charge in [0.05, 0.1) is 5.69 Å². The van der Waals surface area contributed by atoms with Crippen molar-refractivity contribution in [3.05, 3.63) is 35.7 Å². The topological polar surface area (TPSA) is 62.2 Å². The van der Waals surface area contributed by atoms with Gasteiger partial charge in [0.15, 0.2) is 0 Å². The van der Waals surface area contributed by atoms with Gasteiger partial charge in [-0.05, 0) is 26.3 Å². The molecule has 1 heterocycles. The van der Waals surface area contributed by atoms with Gasteiger partial charge >= 0.3 is 5.97 Å². The summed E-state index contributed by atoms with van der Waals surface area (Å²) in [7, 11) is 0. The number of carbonyl (C=O) groups is 1. The Hall–Kier alpha value is -1.84. The summed E-state index contributed by atoms with van der Waals surface area (Å²) in [5.74, 6) is -0.957. The molecule has 1 aromatic heterocycles. The molecule has 0 bridgehead atoms. The molecule has 0 unspecified atom stereocenters. The zero-order chi connectivity index (χ0) is 12.0. The van der Waals surface area contributed by atoms with Gasteiger partial charge < -0.3 is 10.4 Å². The number of aromatic nitrogens is 1. The summed E-state index contributed by atoms with van der Waals surface area (Å²) in [5.41, 5.74) is 1.65. The number of allylic oxidation sites excluding steroid dienone is 1. The summed E-state index contributed by atoms with van der Waals surface area (Å²) in [4.78, 5) is 14.9. The molecule has 0 spiro atoms. The smallest absolute Gasteiger partial charge is 0.339 e. The molecular formula is C12H16N2O2. The van der Waals surface area contributed by atoms with Crippen LogP contribution < -0.4 is 5.32 Å². The third kappa shape index (κ3) is 3.38. The molecule has 2 N–H and O–H groups in total. The summed E-state index contributed by atoms with van der Waals surface area (Å²) in [6.45, 7) is 4.51. The van der Waals surface area contributed by atoms with Crippen LogP contribution in [0.3, 0.4) is 0 Å². The Morgan fingerprint density at radius 3 is 3.00 bits per heavy atom. The summed E-state index contributed by atoms with van der Waals surface area (Å²) in [6, 6.07) is 1.75.